The summed E-state index contributed by atoms with van der Waals surface area (Å²) in [5.74, 6) is 0.00987. The fraction of sp³-hybridized carbons (Fsp3) is 0.312. The number of nitrogens with zero attached hydrogens (tertiary/aromatic N) is 3. The van der Waals surface area contributed by atoms with Crippen LogP contribution in [0.4, 0.5) is 0 Å². The molecule has 3 heterocycles. The number of hydrogen-bond donors (Lipinski definition) is 3. The SMILES string of the molecule is O=C(C1CNNN1)N1CC(n2nc(-c3ccc(Cl)cc3)ccc2=O)C1. The standard InChI is InChI=1S/C16H17ClN6O2/c17-11-3-1-10(2-4-11)13-5-6-15(24)23(20-13)12-8-22(9-12)16(25)14-7-18-21-19-14/h1-6,12,14,18-19,21H,7-9H2. The van der Waals surface area contributed by atoms with Gasteiger partial charge in [-0.15, -0.1) is 0 Å². The smallest absolute Gasteiger partial charge is 0.267 e. The monoisotopic (exact) mass is 360 g/mol. The van der Waals surface area contributed by atoms with Gasteiger partial charge in [0.1, 0.15) is 6.04 Å². The molecule has 2 fully saturated rings. The first-order valence-electron chi connectivity index (χ1n) is 8.00. The summed E-state index contributed by atoms with van der Waals surface area (Å²) in [6, 6.07) is 10.1. The summed E-state index contributed by atoms with van der Waals surface area (Å²) >= 11 is 5.91. The number of hydrazine groups is 2. The molecule has 25 heavy (non-hydrogen) atoms. The second-order valence-corrected chi connectivity index (χ2v) is 6.54. The summed E-state index contributed by atoms with van der Waals surface area (Å²) in [6.45, 7) is 1.49. The molecule has 9 heteroatoms. The van der Waals surface area contributed by atoms with Crippen LogP contribution in [0.25, 0.3) is 11.3 Å². The van der Waals surface area contributed by atoms with Crippen LogP contribution in [0.3, 0.4) is 0 Å². The lowest BCUT2D eigenvalue weighted by Crippen LogP contribution is -2.58. The molecule has 1 unspecified atom stereocenters. The molecule has 1 aromatic heterocycles. The van der Waals surface area contributed by atoms with Gasteiger partial charge >= 0.3 is 0 Å². The van der Waals surface area contributed by atoms with E-state index < -0.39 is 0 Å². The number of rotatable bonds is 3. The summed E-state index contributed by atoms with van der Waals surface area (Å²) in [7, 11) is 0. The first-order valence-corrected chi connectivity index (χ1v) is 8.37. The third-order valence-corrected chi connectivity index (χ3v) is 4.68. The summed E-state index contributed by atoms with van der Waals surface area (Å²) in [4.78, 5) is 26.2. The first kappa shape index (κ1) is 16.2. The number of carbonyl (C=O) groups is 1. The zero-order chi connectivity index (χ0) is 17.4. The fourth-order valence-electron chi connectivity index (χ4n) is 2.96. The number of hydrogen-bond acceptors (Lipinski definition) is 6. The Morgan fingerprint density at radius 2 is 1.92 bits per heavy atom. The molecule has 0 spiro atoms. The van der Waals surface area contributed by atoms with Crippen molar-refractivity contribution in [3.05, 3.63) is 51.8 Å². The van der Waals surface area contributed by atoms with E-state index in [9.17, 15) is 9.59 Å². The van der Waals surface area contributed by atoms with Crippen LogP contribution in [0.5, 0.6) is 0 Å². The van der Waals surface area contributed by atoms with Crippen LogP contribution < -0.4 is 21.9 Å². The molecule has 2 aromatic rings. The predicted octanol–water partition coefficient (Wildman–Crippen LogP) is -0.0720. The number of benzene rings is 1. The maximum atomic E-state index is 12.3. The average molecular weight is 361 g/mol. The van der Waals surface area contributed by atoms with Crippen LogP contribution in [0.1, 0.15) is 6.04 Å². The summed E-state index contributed by atoms with van der Waals surface area (Å²) in [5.41, 5.74) is 9.84. The molecule has 0 bridgehead atoms. The summed E-state index contributed by atoms with van der Waals surface area (Å²) in [5, 5.41) is 5.12. The number of nitrogens with one attached hydrogen (secondary N) is 3. The van der Waals surface area contributed by atoms with E-state index in [2.05, 4.69) is 21.5 Å². The topological polar surface area (TPSA) is 91.3 Å². The zero-order valence-corrected chi connectivity index (χ0v) is 14.0. The molecule has 1 amide bonds. The minimum Gasteiger partial charge on any atom is -0.337 e. The molecule has 0 radical (unpaired) electrons. The molecule has 2 aliphatic rings. The van der Waals surface area contributed by atoms with E-state index in [4.69, 9.17) is 11.6 Å². The fourth-order valence-corrected chi connectivity index (χ4v) is 3.09. The maximum Gasteiger partial charge on any atom is 0.267 e. The minimum atomic E-state index is -0.286. The number of aromatic nitrogens is 2. The van der Waals surface area contributed by atoms with Crippen molar-refractivity contribution < 1.29 is 4.79 Å². The molecule has 0 aliphatic carbocycles. The number of halogens is 1. The van der Waals surface area contributed by atoms with Gasteiger partial charge in [-0.05, 0) is 18.2 Å². The Bertz CT molecular complexity index is 840. The van der Waals surface area contributed by atoms with Crippen molar-refractivity contribution in [3.8, 4) is 11.3 Å². The van der Waals surface area contributed by atoms with Gasteiger partial charge in [0.15, 0.2) is 0 Å². The first-order chi connectivity index (χ1) is 12.1. The van der Waals surface area contributed by atoms with Crippen molar-refractivity contribution in [2.75, 3.05) is 19.6 Å². The highest BCUT2D eigenvalue weighted by molar-refractivity contribution is 6.30. The second-order valence-electron chi connectivity index (χ2n) is 6.11. The van der Waals surface area contributed by atoms with Gasteiger partial charge < -0.3 is 4.90 Å². The van der Waals surface area contributed by atoms with Gasteiger partial charge in [0.2, 0.25) is 5.91 Å². The minimum absolute atomic E-state index is 0.00987. The molecule has 2 saturated heterocycles. The number of carbonyl (C=O) groups excluding carboxylic acids is 1. The van der Waals surface area contributed by atoms with Crippen molar-refractivity contribution >= 4 is 17.5 Å². The summed E-state index contributed by atoms with van der Waals surface area (Å²) in [6.07, 6.45) is 0. The van der Waals surface area contributed by atoms with Crippen molar-refractivity contribution in [2.24, 2.45) is 0 Å². The largest absolute Gasteiger partial charge is 0.337 e. The molecule has 1 atom stereocenters. The van der Waals surface area contributed by atoms with Gasteiger partial charge in [0.05, 0.1) is 11.7 Å². The van der Waals surface area contributed by atoms with E-state index >= 15 is 0 Å². The van der Waals surface area contributed by atoms with E-state index in [1.807, 2.05) is 12.1 Å². The van der Waals surface area contributed by atoms with Gasteiger partial charge in [-0.1, -0.05) is 23.7 Å². The lowest BCUT2D eigenvalue weighted by atomic mass is 10.1. The van der Waals surface area contributed by atoms with E-state index in [-0.39, 0.29) is 23.6 Å². The molecule has 0 saturated carbocycles. The normalized spacial score (nSPS) is 20.5. The summed E-state index contributed by atoms with van der Waals surface area (Å²) < 4.78 is 1.46. The van der Waals surface area contributed by atoms with Crippen molar-refractivity contribution in [1.29, 1.82) is 0 Å². The van der Waals surface area contributed by atoms with Crippen LogP contribution in [-0.4, -0.2) is 46.3 Å². The zero-order valence-electron chi connectivity index (χ0n) is 13.3. The highest BCUT2D eigenvalue weighted by atomic mass is 35.5. The van der Waals surface area contributed by atoms with Crippen molar-refractivity contribution in [1.82, 2.24) is 31.1 Å². The quantitative estimate of drug-likeness (QED) is 0.709. The van der Waals surface area contributed by atoms with Crippen molar-refractivity contribution in [3.63, 3.8) is 0 Å². The molecule has 4 rings (SSSR count). The van der Waals surface area contributed by atoms with Gasteiger partial charge in [0.25, 0.3) is 5.56 Å². The van der Waals surface area contributed by atoms with Gasteiger partial charge in [0, 0.05) is 36.3 Å². The molecule has 130 valence electrons. The third kappa shape index (κ3) is 3.16. The lowest BCUT2D eigenvalue weighted by molar-refractivity contribution is -0.139. The van der Waals surface area contributed by atoms with Gasteiger partial charge in [-0.25, -0.2) is 15.5 Å². The average Bonchev–Trinajstić information content (AvgIpc) is 3.10. The van der Waals surface area contributed by atoms with Crippen LogP contribution in [0.15, 0.2) is 41.2 Å². The Morgan fingerprint density at radius 3 is 2.60 bits per heavy atom. The molecular formula is C16H17ClN6O2. The Balaban J connectivity index is 1.50. The molecule has 1 aromatic carbocycles. The van der Waals surface area contributed by atoms with Gasteiger partial charge in [-0.2, -0.15) is 10.6 Å². The Kier molecular flexibility index (Phi) is 4.26. The number of likely N-dealkylation sites (tertiary alicyclic amines) is 1. The Morgan fingerprint density at radius 1 is 1.16 bits per heavy atom. The van der Waals surface area contributed by atoms with Crippen LogP contribution in [0, 0.1) is 0 Å². The maximum absolute atomic E-state index is 12.3. The Labute approximate surface area is 148 Å². The van der Waals surface area contributed by atoms with Gasteiger partial charge in [-0.3, -0.25) is 9.59 Å². The third-order valence-electron chi connectivity index (χ3n) is 4.42. The van der Waals surface area contributed by atoms with E-state index in [1.165, 1.54) is 10.7 Å². The predicted molar refractivity (Wildman–Crippen MR) is 92.6 cm³/mol. The van der Waals surface area contributed by atoms with E-state index in [0.717, 1.165) is 5.56 Å². The Hall–Kier alpha value is -2.26. The van der Waals surface area contributed by atoms with Crippen molar-refractivity contribution in [2.45, 2.75) is 12.1 Å². The highest BCUT2D eigenvalue weighted by Gasteiger charge is 2.37. The van der Waals surface area contributed by atoms with E-state index in [0.29, 0.717) is 30.4 Å². The lowest BCUT2D eigenvalue weighted by Gasteiger charge is -2.40. The number of amides is 1. The molecular weight excluding hydrogens is 344 g/mol. The van der Waals surface area contributed by atoms with E-state index in [1.54, 1.807) is 23.1 Å². The molecule has 3 N–H and O–H groups in total. The molecule has 2 aliphatic heterocycles. The van der Waals surface area contributed by atoms with Crippen LogP contribution in [0.2, 0.25) is 5.02 Å². The second kappa shape index (κ2) is 6.57. The van der Waals surface area contributed by atoms with Crippen LogP contribution >= 0.6 is 11.6 Å². The highest BCUT2D eigenvalue weighted by Crippen LogP contribution is 2.22. The molecule has 8 nitrogen and oxygen atoms in total. The van der Waals surface area contributed by atoms with Crippen LogP contribution in [-0.2, 0) is 4.79 Å².